The molecule has 0 bridgehead atoms. The molecule has 29 heavy (non-hydrogen) atoms. The molecule has 150 valence electrons. The van der Waals surface area contributed by atoms with Gasteiger partial charge in [-0.15, -0.1) is 0 Å². The van der Waals surface area contributed by atoms with Crippen molar-refractivity contribution in [3.63, 3.8) is 0 Å². The van der Waals surface area contributed by atoms with Crippen LogP contribution in [0.3, 0.4) is 0 Å². The summed E-state index contributed by atoms with van der Waals surface area (Å²) in [6.07, 6.45) is 3.42. The van der Waals surface area contributed by atoms with Crippen LogP contribution in [0.4, 0.5) is 10.1 Å². The van der Waals surface area contributed by atoms with Crippen molar-refractivity contribution < 1.29 is 9.13 Å². The standard InChI is InChI=1S/C22H23FN4OS/c1-5-27(4)14-25-18-12-16(3)19(13-15(18)2)28-21-10-11-24-22(26-21)29-20-9-7-6-8-17(20)23/h6-14H,5H2,1-4H3. The first-order valence-corrected chi connectivity index (χ1v) is 10.1. The van der Waals surface area contributed by atoms with E-state index >= 15 is 0 Å². The fourth-order valence-electron chi connectivity index (χ4n) is 2.44. The van der Waals surface area contributed by atoms with Crippen molar-refractivity contribution >= 4 is 23.8 Å². The van der Waals surface area contributed by atoms with Crippen molar-refractivity contribution in [2.45, 2.75) is 30.8 Å². The van der Waals surface area contributed by atoms with Gasteiger partial charge in [-0.1, -0.05) is 12.1 Å². The molecule has 1 aromatic heterocycles. The summed E-state index contributed by atoms with van der Waals surface area (Å²) in [6.45, 7) is 6.92. The van der Waals surface area contributed by atoms with Gasteiger partial charge in [-0.3, -0.25) is 0 Å². The summed E-state index contributed by atoms with van der Waals surface area (Å²) in [5, 5.41) is 0.422. The monoisotopic (exact) mass is 410 g/mol. The van der Waals surface area contributed by atoms with Gasteiger partial charge in [0.05, 0.1) is 16.9 Å². The van der Waals surface area contributed by atoms with Crippen molar-refractivity contribution in [3.05, 3.63) is 65.6 Å². The van der Waals surface area contributed by atoms with Gasteiger partial charge < -0.3 is 9.64 Å². The Kier molecular flexibility index (Phi) is 6.82. The molecule has 5 nitrogen and oxygen atoms in total. The minimum atomic E-state index is -0.302. The normalized spacial score (nSPS) is 11.1. The molecule has 2 aromatic carbocycles. The molecule has 0 atom stereocenters. The number of benzene rings is 2. The molecule has 7 heteroatoms. The first kappa shape index (κ1) is 20.8. The molecular formula is C22H23FN4OS. The topological polar surface area (TPSA) is 50.6 Å². The Morgan fingerprint density at radius 2 is 1.97 bits per heavy atom. The molecule has 0 saturated carbocycles. The maximum absolute atomic E-state index is 13.9. The van der Waals surface area contributed by atoms with Crippen LogP contribution in [0.2, 0.25) is 0 Å². The first-order valence-electron chi connectivity index (χ1n) is 9.25. The lowest BCUT2D eigenvalue weighted by molar-refractivity contribution is 0.452. The molecule has 0 aliphatic heterocycles. The minimum Gasteiger partial charge on any atom is -0.439 e. The lowest BCUT2D eigenvalue weighted by atomic mass is 10.1. The molecule has 0 unspecified atom stereocenters. The summed E-state index contributed by atoms with van der Waals surface area (Å²) in [7, 11) is 1.98. The van der Waals surface area contributed by atoms with Crippen LogP contribution < -0.4 is 4.74 Å². The van der Waals surface area contributed by atoms with Crippen molar-refractivity contribution in [1.82, 2.24) is 14.9 Å². The Balaban J connectivity index is 1.79. The summed E-state index contributed by atoms with van der Waals surface area (Å²) in [4.78, 5) is 15.6. The van der Waals surface area contributed by atoms with Gasteiger partial charge in [-0.05, 0) is 67.9 Å². The summed E-state index contributed by atoms with van der Waals surface area (Å²) >= 11 is 1.16. The number of nitrogens with zero attached hydrogens (tertiary/aromatic N) is 4. The van der Waals surface area contributed by atoms with E-state index in [1.807, 2.05) is 44.3 Å². The Morgan fingerprint density at radius 3 is 2.72 bits per heavy atom. The van der Waals surface area contributed by atoms with E-state index in [9.17, 15) is 4.39 Å². The van der Waals surface area contributed by atoms with Crippen LogP contribution in [0.15, 0.2) is 63.7 Å². The summed E-state index contributed by atoms with van der Waals surface area (Å²) in [5.41, 5.74) is 2.85. The zero-order valence-corrected chi connectivity index (χ0v) is 17.7. The van der Waals surface area contributed by atoms with E-state index in [1.165, 1.54) is 6.07 Å². The predicted molar refractivity (Wildman–Crippen MR) is 115 cm³/mol. The van der Waals surface area contributed by atoms with E-state index in [4.69, 9.17) is 4.74 Å². The Morgan fingerprint density at radius 1 is 1.17 bits per heavy atom. The molecule has 0 amide bonds. The fourth-order valence-corrected chi connectivity index (χ4v) is 3.19. The highest BCUT2D eigenvalue weighted by atomic mass is 32.2. The Labute approximate surface area is 174 Å². The number of aromatic nitrogens is 2. The van der Waals surface area contributed by atoms with Gasteiger partial charge in [-0.25, -0.2) is 14.4 Å². The molecule has 1 heterocycles. The van der Waals surface area contributed by atoms with E-state index in [2.05, 4.69) is 21.9 Å². The molecular weight excluding hydrogens is 387 g/mol. The average Bonchev–Trinajstić information content (AvgIpc) is 2.71. The average molecular weight is 411 g/mol. The maximum atomic E-state index is 13.9. The van der Waals surface area contributed by atoms with E-state index < -0.39 is 0 Å². The van der Waals surface area contributed by atoms with E-state index in [0.717, 1.165) is 35.1 Å². The van der Waals surface area contributed by atoms with Crippen LogP contribution in [0.25, 0.3) is 0 Å². The van der Waals surface area contributed by atoms with E-state index in [0.29, 0.717) is 21.7 Å². The van der Waals surface area contributed by atoms with Crippen LogP contribution in [0.1, 0.15) is 18.1 Å². The Bertz CT molecular complexity index is 1030. The van der Waals surface area contributed by atoms with Crippen LogP contribution in [0.5, 0.6) is 11.6 Å². The maximum Gasteiger partial charge on any atom is 0.223 e. The second-order valence-electron chi connectivity index (χ2n) is 6.53. The quantitative estimate of drug-likeness (QED) is 0.280. The first-order chi connectivity index (χ1) is 14.0. The zero-order valence-electron chi connectivity index (χ0n) is 16.9. The van der Waals surface area contributed by atoms with Gasteiger partial charge in [0.2, 0.25) is 5.88 Å². The highest BCUT2D eigenvalue weighted by molar-refractivity contribution is 7.99. The molecule has 0 fully saturated rings. The second-order valence-corrected chi connectivity index (χ2v) is 7.54. The highest BCUT2D eigenvalue weighted by Crippen LogP contribution is 2.32. The van der Waals surface area contributed by atoms with E-state index in [1.54, 1.807) is 30.5 Å². The van der Waals surface area contributed by atoms with E-state index in [-0.39, 0.29) is 5.82 Å². The second kappa shape index (κ2) is 9.52. The van der Waals surface area contributed by atoms with Crippen LogP contribution in [-0.4, -0.2) is 34.8 Å². The van der Waals surface area contributed by atoms with Gasteiger partial charge >= 0.3 is 0 Å². The highest BCUT2D eigenvalue weighted by Gasteiger charge is 2.10. The number of halogens is 1. The lowest BCUT2D eigenvalue weighted by Gasteiger charge is -2.12. The molecule has 0 aliphatic carbocycles. The zero-order chi connectivity index (χ0) is 20.8. The molecule has 0 radical (unpaired) electrons. The van der Waals surface area contributed by atoms with Crippen LogP contribution in [-0.2, 0) is 0 Å². The summed E-state index contributed by atoms with van der Waals surface area (Å²) in [6, 6.07) is 12.2. The van der Waals surface area contributed by atoms with Gasteiger partial charge in [0, 0.05) is 25.9 Å². The van der Waals surface area contributed by atoms with Crippen LogP contribution in [0, 0.1) is 19.7 Å². The van der Waals surface area contributed by atoms with Crippen molar-refractivity contribution in [2.75, 3.05) is 13.6 Å². The third kappa shape index (κ3) is 5.54. The molecule has 0 aliphatic rings. The molecule has 0 N–H and O–H groups in total. The lowest BCUT2D eigenvalue weighted by Crippen LogP contribution is -2.14. The molecule has 0 spiro atoms. The fraction of sp³-hybridized carbons (Fsp3) is 0.227. The number of aliphatic imine (C=N–C) groups is 1. The number of rotatable bonds is 7. The SMILES string of the molecule is CCN(C)C=Nc1cc(C)c(Oc2ccnc(Sc3ccccc3F)n2)cc1C. The molecule has 0 saturated heterocycles. The molecule has 3 aromatic rings. The van der Waals surface area contributed by atoms with Crippen molar-refractivity contribution in [2.24, 2.45) is 4.99 Å². The predicted octanol–water partition coefficient (Wildman–Crippen LogP) is 5.79. The van der Waals surface area contributed by atoms with Gasteiger partial charge in [-0.2, -0.15) is 4.98 Å². The minimum absolute atomic E-state index is 0.302. The number of hydrogen-bond acceptors (Lipinski definition) is 5. The third-order valence-electron chi connectivity index (χ3n) is 4.25. The van der Waals surface area contributed by atoms with Gasteiger partial charge in [0.15, 0.2) is 5.16 Å². The van der Waals surface area contributed by atoms with Gasteiger partial charge in [0.1, 0.15) is 11.6 Å². The number of aryl methyl sites for hydroxylation is 2. The van der Waals surface area contributed by atoms with Gasteiger partial charge in [0.25, 0.3) is 0 Å². The summed E-state index contributed by atoms with van der Waals surface area (Å²) in [5.74, 6) is 0.804. The molecule has 3 rings (SSSR count). The van der Waals surface area contributed by atoms with Crippen LogP contribution >= 0.6 is 11.8 Å². The summed E-state index contributed by atoms with van der Waals surface area (Å²) < 4.78 is 19.9. The number of hydrogen-bond donors (Lipinski definition) is 0. The van der Waals surface area contributed by atoms with Crippen molar-refractivity contribution in [3.8, 4) is 11.6 Å². The smallest absolute Gasteiger partial charge is 0.223 e. The van der Waals surface area contributed by atoms with Crippen molar-refractivity contribution in [1.29, 1.82) is 0 Å². The third-order valence-corrected chi connectivity index (χ3v) is 5.18. The largest absolute Gasteiger partial charge is 0.439 e. The number of ether oxygens (including phenoxy) is 1. The Hall–Kier alpha value is -2.93.